The Morgan fingerprint density at radius 3 is 2.11 bits per heavy atom. The van der Waals surface area contributed by atoms with Gasteiger partial charge in [-0.1, -0.05) is 90.5 Å². The van der Waals surface area contributed by atoms with Gasteiger partial charge >= 0.3 is 12.1 Å². The molecule has 0 saturated carbocycles. The van der Waals surface area contributed by atoms with Gasteiger partial charge in [-0.05, 0) is 25.0 Å². The lowest BCUT2D eigenvalue weighted by atomic mass is 10.1. The molecule has 7 nitrogen and oxygen atoms in total. The first-order valence-corrected chi connectivity index (χ1v) is 11.2. The molecule has 0 aromatic heterocycles. The van der Waals surface area contributed by atoms with Gasteiger partial charge in [0, 0.05) is 5.56 Å². The number of hydrogen-bond acceptors (Lipinski definition) is 6. The molecule has 0 aliphatic carbocycles. The van der Waals surface area contributed by atoms with Gasteiger partial charge in [-0.3, -0.25) is 5.32 Å². The molecule has 0 radical (unpaired) electrons. The average molecular weight is 470 g/mol. The minimum atomic E-state index is -0.807. The Labute approximate surface area is 204 Å². The quantitative estimate of drug-likeness (QED) is 0.254. The lowest BCUT2D eigenvalue weighted by molar-refractivity contribution is -0.138. The Balaban J connectivity index is 1.92. The predicted molar refractivity (Wildman–Crippen MR) is 135 cm³/mol. The molecule has 0 fully saturated rings. The number of esters is 1. The van der Waals surface area contributed by atoms with E-state index in [2.05, 4.69) is 21.3 Å². The van der Waals surface area contributed by atoms with E-state index in [1.54, 1.807) is 19.1 Å². The lowest BCUT2D eigenvalue weighted by Gasteiger charge is -2.13. The molecule has 0 spiro atoms. The van der Waals surface area contributed by atoms with E-state index >= 15 is 0 Å². The second kappa shape index (κ2) is 13.3. The van der Waals surface area contributed by atoms with Crippen molar-refractivity contribution in [3.8, 4) is 0 Å². The minimum Gasteiger partial charge on any atom is -0.461 e. The van der Waals surface area contributed by atoms with E-state index in [1.807, 2.05) is 79.7 Å². The van der Waals surface area contributed by atoms with Crippen molar-refractivity contribution in [2.75, 3.05) is 6.61 Å². The van der Waals surface area contributed by atoms with Crippen LogP contribution in [-0.2, 0) is 27.4 Å². The highest BCUT2D eigenvalue weighted by Gasteiger charge is 2.22. The van der Waals surface area contributed by atoms with Crippen molar-refractivity contribution in [3.63, 3.8) is 0 Å². The Bertz CT molecular complexity index is 1210. The highest BCUT2D eigenvalue weighted by Crippen LogP contribution is 2.21. The first kappa shape index (κ1) is 25.1. The van der Waals surface area contributed by atoms with Gasteiger partial charge < -0.3 is 9.47 Å². The summed E-state index contributed by atoms with van der Waals surface area (Å²) in [7, 11) is 0. The van der Waals surface area contributed by atoms with Crippen LogP contribution in [0.4, 0.5) is 4.79 Å². The van der Waals surface area contributed by atoms with E-state index in [0.29, 0.717) is 12.1 Å². The third-order valence-electron chi connectivity index (χ3n) is 4.82. The molecule has 3 aromatic rings. The highest BCUT2D eigenvalue weighted by molar-refractivity contribution is 6.00. The van der Waals surface area contributed by atoms with Crippen LogP contribution in [0.15, 0.2) is 101 Å². The Morgan fingerprint density at radius 2 is 1.49 bits per heavy atom. The topological polar surface area (TPSA) is 89.3 Å². The van der Waals surface area contributed by atoms with Crippen LogP contribution in [-0.4, -0.2) is 24.7 Å². The van der Waals surface area contributed by atoms with Crippen molar-refractivity contribution >= 4 is 23.8 Å². The normalized spacial score (nSPS) is 10.9. The fourth-order valence-electron chi connectivity index (χ4n) is 3.04. The summed E-state index contributed by atoms with van der Waals surface area (Å²) in [5.41, 5.74) is 3.43. The number of carbonyl (C=O) groups excluding carboxylic acids is 2. The molecule has 35 heavy (non-hydrogen) atoms. The second-order valence-electron chi connectivity index (χ2n) is 7.51. The first-order valence-electron chi connectivity index (χ1n) is 11.2. The molecule has 3 rings (SSSR count). The summed E-state index contributed by atoms with van der Waals surface area (Å²) in [6.45, 7) is 4.16. The summed E-state index contributed by atoms with van der Waals surface area (Å²) in [4.78, 5) is 33.9. The van der Waals surface area contributed by atoms with Crippen LogP contribution in [0.5, 0.6) is 0 Å². The van der Waals surface area contributed by atoms with Gasteiger partial charge in [0.2, 0.25) is 0 Å². The van der Waals surface area contributed by atoms with Crippen LogP contribution in [0.2, 0.25) is 0 Å². The van der Waals surface area contributed by atoms with Crippen LogP contribution in [0, 0.1) is 6.92 Å². The van der Waals surface area contributed by atoms with Gasteiger partial charge in [-0.25, -0.2) is 14.6 Å². The van der Waals surface area contributed by atoms with Gasteiger partial charge in [-0.15, -0.1) is 0 Å². The summed E-state index contributed by atoms with van der Waals surface area (Å²) in [5.74, 6) is -0.742. The zero-order valence-corrected chi connectivity index (χ0v) is 19.7. The second-order valence-corrected chi connectivity index (χ2v) is 7.51. The molecule has 0 saturated heterocycles. The molecule has 0 aliphatic heterocycles. The smallest absolute Gasteiger partial charge is 0.412 e. The first-order chi connectivity index (χ1) is 17.1. The van der Waals surface area contributed by atoms with E-state index in [1.165, 1.54) is 0 Å². The molecule has 3 aromatic carbocycles. The Morgan fingerprint density at radius 1 is 0.857 bits per heavy atom. The number of amides is 1. The van der Waals surface area contributed by atoms with Crippen molar-refractivity contribution in [2.24, 2.45) is 9.98 Å². The third kappa shape index (κ3) is 8.11. The van der Waals surface area contributed by atoms with E-state index in [4.69, 9.17) is 9.47 Å². The molecule has 0 unspecified atom stereocenters. The monoisotopic (exact) mass is 469 g/mol. The molecule has 1 amide bonds. The Kier molecular flexibility index (Phi) is 9.54. The van der Waals surface area contributed by atoms with Crippen molar-refractivity contribution in [2.45, 2.75) is 27.0 Å². The van der Waals surface area contributed by atoms with Crippen LogP contribution < -0.4 is 5.32 Å². The summed E-state index contributed by atoms with van der Waals surface area (Å²) in [6.07, 6.45) is -0.807. The molecule has 0 atom stereocenters. The number of nitrogens with zero attached hydrogens (tertiary/aromatic N) is 2. The van der Waals surface area contributed by atoms with Gasteiger partial charge in [0.25, 0.3) is 0 Å². The number of rotatable bonds is 9. The maximum Gasteiger partial charge on any atom is 0.412 e. The highest BCUT2D eigenvalue weighted by atomic mass is 16.6. The number of aliphatic imine (C=N–C) groups is 2. The Hall–Kier alpha value is -4.48. The van der Waals surface area contributed by atoms with E-state index in [0.717, 1.165) is 16.7 Å². The zero-order chi connectivity index (χ0) is 24.9. The standard InChI is InChI=1S/C28H27N3O4/c1-3-34-27(32)26(31-28(33)35-19-23-12-8-5-9-13-23)25(24-16-14-21(2)15-17-24)30-20-29-18-22-10-6-4-7-11-22/h4-17H,3,18-19H2,1-2H3,(H,31,33)/b26-25-. The molecule has 0 heterocycles. The summed E-state index contributed by atoms with van der Waals surface area (Å²) < 4.78 is 10.5. The largest absolute Gasteiger partial charge is 0.461 e. The van der Waals surface area contributed by atoms with Gasteiger partial charge in [0.1, 0.15) is 12.3 Å². The van der Waals surface area contributed by atoms with E-state index in [-0.39, 0.29) is 24.6 Å². The molecular weight excluding hydrogens is 442 g/mol. The van der Waals surface area contributed by atoms with E-state index in [9.17, 15) is 9.59 Å². The van der Waals surface area contributed by atoms with Crippen LogP contribution >= 0.6 is 0 Å². The van der Waals surface area contributed by atoms with Crippen molar-refractivity contribution < 1.29 is 19.1 Å². The molecule has 0 bridgehead atoms. The van der Waals surface area contributed by atoms with Gasteiger partial charge in [0.15, 0.2) is 5.70 Å². The number of aryl methyl sites for hydroxylation is 1. The number of alkyl carbamates (subject to hydrolysis) is 1. The fourth-order valence-corrected chi connectivity index (χ4v) is 3.04. The van der Waals surface area contributed by atoms with Gasteiger partial charge in [-0.2, -0.15) is 4.99 Å². The zero-order valence-electron chi connectivity index (χ0n) is 19.7. The van der Waals surface area contributed by atoms with Crippen LogP contribution in [0.3, 0.4) is 0 Å². The van der Waals surface area contributed by atoms with Crippen molar-refractivity contribution in [1.29, 1.82) is 0 Å². The summed E-state index contributed by atoms with van der Waals surface area (Å²) >= 11 is 0. The minimum absolute atomic E-state index is 0.0461. The van der Waals surface area contributed by atoms with Crippen molar-refractivity contribution in [1.82, 2.24) is 5.32 Å². The number of benzene rings is 3. The number of ether oxygens (including phenoxy) is 2. The molecule has 1 N–H and O–H groups in total. The SMILES string of the molecule is CCOC(=O)/C(NC(=O)OCc1ccccc1)=C(/N=C=NCc1ccccc1)c1ccc(C)cc1. The molecule has 0 aliphatic rings. The maximum absolute atomic E-state index is 12.8. The third-order valence-corrected chi connectivity index (χ3v) is 4.82. The number of nitrogens with one attached hydrogen (secondary N) is 1. The summed E-state index contributed by atoms with van der Waals surface area (Å²) in [5, 5.41) is 2.51. The van der Waals surface area contributed by atoms with Crippen LogP contribution in [0.25, 0.3) is 5.70 Å². The molecule has 178 valence electrons. The lowest BCUT2D eigenvalue weighted by Crippen LogP contribution is -2.30. The number of carbonyl (C=O) groups is 2. The van der Waals surface area contributed by atoms with Crippen molar-refractivity contribution in [3.05, 3.63) is 113 Å². The van der Waals surface area contributed by atoms with Gasteiger partial charge in [0.05, 0.1) is 19.2 Å². The number of hydrogen-bond donors (Lipinski definition) is 1. The molecule has 7 heteroatoms. The maximum atomic E-state index is 12.8. The van der Waals surface area contributed by atoms with Crippen LogP contribution in [0.1, 0.15) is 29.2 Å². The predicted octanol–water partition coefficient (Wildman–Crippen LogP) is 5.53. The average Bonchev–Trinajstić information content (AvgIpc) is 2.88. The van der Waals surface area contributed by atoms with E-state index < -0.39 is 12.1 Å². The fraction of sp³-hybridized carbons (Fsp3) is 0.179. The molecular formula is C28H27N3O4. The summed E-state index contributed by atoms with van der Waals surface area (Å²) in [6, 6.07) is 28.9.